The lowest BCUT2D eigenvalue weighted by Crippen LogP contribution is -2.46. The van der Waals surface area contributed by atoms with Gasteiger partial charge >= 0.3 is 0 Å². The van der Waals surface area contributed by atoms with Crippen molar-refractivity contribution < 1.29 is 8.42 Å². The Morgan fingerprint density at radius 2 is 2.19 bits per heavy atom. The first-order valence-corrected chi connectivity index (χ1v) is 9.21. The predicted molar refractivity (Wildman–Crippen MR) is 82.7 cm³/mol. The second-order valence-corrected chi connectivity index (χ2v) is 7.55. The lowest BCUT2D eigenvalue weighted by atomic mass is 10.0. The summed E-state index contributed by atoms with van der Waals surface area (Å²) < 4.78 is 29.2. The van der Waals surface area contributed by atoms with Crippen LogP contribution in [-0.2, 0) is 10.0 Å². The Labute approximate surface area is 127 Å². The molecule has 0 bridgehead atoms. The molecular formula is C14H26N4O2S. The van der Waals surface area contributed by atoms with Gasteiger partial charge in [0.1, 0.15) is 0 Å². The molecule has 1 aromatic rings. The van der Waals surface area contributed by atoms with Crippen molar-refractivity contribution in [2.24, 2.45) is 0 Å². The SMILES string of the molecule is CCN1CCCCC1CNS(=O)(=O)c1ccnn1C(C)C. The number of hydrogen-bond acceptors (Lipinski definition) is 4. The zero-order valence-corrected chi connectivity index (χ0v) is 13.9. The minimum atomic E-state index is -3.50. The van der Waals surface area contributed by atoms with Crippen LogP contribution in [-0.4, -0.2) is 48.8 Å². The van der Waals surface area contributed by atoms with E-state index in [1.165, 1.54) is 19.0 Å². The van der Waals surface area contributed by atoms with Crippen molar-refractivity contribution in [3.63, 3.8) is 0 Å². The maximum Gasteiger partial charge on any atom is 0.257 e. The van der Waals surface area contributed by atoms with E-state index in [0.29, 0.717) is 12.6 Å². The smallest absolute Gasteiger partial charge is 0.257 e. The molecule has 0 radical (unpaired) electrons. The molecule has 1 saturated heterocycles. The molecule has 21 heavy (non-hydrogen) atoms. The molecule has 1 aromatic heterocycles. The van der Waals surface area contributed by atoms with Gasteiger partial charge in [0.2, 0.25) is 0 Å². The molecule has 1 N–H and O–H groups in total. The minimum Gasteiger partial charge on any atom is -0.299 e. The van der Waals surface area contributed by atoms with Crippen LogP contribution in [0.15, 0.2) is 17.3 Å². The van der Waals surface area contributed by atoms with Crippen LogP contribution in [0.3, 0.4) is 0 Å². The maximum atomic E-state index is 12.5. The van der Waals surface area contributed by atoms with E-state index in [0.717, 1.165) is 19.5 Å². The molecule has 1 fully saturated rings. The van der Waals surface area contributed by atoms with Crippen molar-refractivity contribution in [2.45, 2.75) is 57.1 Å². The number of rotatable bonds is 6. The van der Waals surface area contributed by atoms with Gasteiger partial charge < -0.3 is 0 Å². The van der Waals surface area contributed by atoms with Crippen LogP contribution in [0.2, 0.25) is 0 Å². The number of aromatic nitrogens is 2. The first-order chi connectivity index (χ1) is 9.95. The van der Waals surface area contributed by atoms with Crippen LogP contribution in [0.5, 0.6) is 0 Å². The van der Waals surface area contributed by atoms with Gasteiger partial charge in [-0.3, -0.25) is 9.58 Å². The van der Waals surface area contributed by atoms with Crippen LogP contribution in [0, 0.1) is 0 Å². The molecule has 0 spiro atoms. The lowest BCUT2D eigenvalue weighted by Gasteiger charge is -2.34. The van der Waals surface area contributed by atoms with Crippen LogP contribution < -0.4 is 4.72 Å². The highest BCUT2D eigenvalue weighted by Crippen LogP contribution is 2.18. The topological polar surface area (TPSA) is 67.2 Å². The van der Waals surface area contributed by atoms with Gasteiger partial charge in [-0.15, -0.1) is 0 Å². The Hall–Kier alpha value is -0.920. The van der Waals surface area contributed by atoms with Crippen molar-refractivity contribution in [1.82, 2.24) is 19.4 Å². The molecular weight excluding hydrogens is 288 g/mol. The van der Waals surface area contributed by atoms with E-state index in [1.807, 2.05) is 13.8 Å². The van der Waals surface area contributed by atoms with E-state index in [1.54, 1.807) is 10.7 Å². The fraction of sp³-hybridized carbons (Fsp3) is 0.786. The molecule has 120 valence electrons. The fourth-order valence-corrected chi connectivity index (χ4v) is 4.19. The molecule has 1 aliphatic rings. The summed E-state index contributed by atoms with van der Waals surface area (Å²) in [6.45, 7) is 8.47. The van der Waals surface area contributed by atoms with Gasteiger partial charge in [0.05, 0.1) is 6.20 Å². The highest BCUT2D eigenvalue weighted by molar-refractivity contribution is 7.89. The second-order valence-electron chi connectivity index (χ2n) is 5.84. The monoisotopic (exact) mass is 314 g/mol. The first-order valence-electron chi connectivity index (χ1n) is 7.73. The summed E-state index contributed by atoms with van der Waals surface area (Å²) in [6, 6.07) is 1.88. The molecule has 0 saturated carbocycles. The molecule has 6 nitrogen and oxygen atoms in total. The number of piperidine rings is 1. The molecule has 1 unspecified atom stereocenters. The summed E-state index contributed by atoms with van der Waals surface area (Å²) in [5.74, 6) is 0. The van der Waals surface area contributed by atoms with E-state index in [2.05, 4.69) is 21.6 Å². The highest BCUT2D eigenvalue weighted by atomic mass is 32.2. The number of nitrogens with one attached hydrogen (secondary N) is 1. The normalized spacial score (nSPS) is 21.0. The number of likely N-dealkylation sites (tertiary alicyclic amines) is 1. The highest BCUT2D eigenvalue weighted by Gasteiger charge is 2.25. The third kappa shape index (κ3) is 3.84. The molecule has 0 aromatic carbocycles. The molecule has 2 rings (SSSR count). The third-order valence-electron chi connectivity index (χ3n) is 4.06. The summed E-state index contributed by atoms with van der Waals surface area (Å²) in [7, 11) is -3.50. The summed E-state index contributed by atoms with van der Waals surface area (Å²) in [4.78, 5) is 2.35. The van der Waals surface area contributed by atoms with Gasteiger partial charge in [-0.05, 0) is 45.8 Å². The maximum absolute atomic E-state index is 12.5. The molecule has 1 atom stereocenters. The molecule has 1 aliphatic heterocycles. The number of nitrogens with zero attached hydrogens (tertiary/aromatic N) is 3. The lowest BCUT2D eigenvalue weighted by molar-refractivity contribution is 0.158. The Morgan fingerprint density at radius 1 is 1.43 bits per heavy atom. The molecule has 7 heteroatoms. The summed E-state index contributed by atoms with van der Waals surface area (Å²) >= 11 is 0. The second kappa shape index (κ2) is 6.89. The average molecular weight is 314 g/mol. The Bertz CT molecular complexity index is 553. The van der Waals surface area contributed by atoms with Gasteiger partial charge in [0.25, 0.3) is 10.0 Å². The minimum absolute atomic E-state index is 0.0217. The zero-order valence-electron chi connectivity index (χ0n) is 13.1. The summed E-state index contributed by atoms with van der Waals surface area (Å²) in [5.41, 5.74) is 0. The van der Waals surface area contributed by atoms with E-state index >= 15 is 0 Å². The Morgan fingerprint density at radius 3 is 2.86 bits per heavy atom. The number of hydrogen-bond donors (Lipinski definition) is 1. The van der Waals surface area contributed by atoms with E-state index < -0.39 is 10.0 Å². The Balaban J connectivity index is 2.05. The third-order valence-corrected chi connectivity index (χ3v) is 5.48. The predicted octanol–water partition coefficient (Wildman–Crippen LogP) is 1.62. The van der Waals surface area contributed by atoms with Crippen LogP contribution in [0.4, 0.5) is 0 Å². The van der Waals surface area contributed by atoms with Gasteiger partial charge in [-0.2, -0.15) is 5.10 Å². The standard InChI is InChI=1S/C14H26N4O2S/c1-4-17-10-6-5-7-13(17)11-16-21(19,20)14-8-9-15-18(14)12(2)3/h8-9,12-13,16H,4-7,10-11H2,1-3H3. The largest absolute Gasteiger partial charge is 0.299 e. The van der Waals surface area contributed by atoms with Crippen LogP contribution in [0.25, 0.3) is 0 Å². The van der Waals surface area contributed by atoms with Crippen molar-refractivity contribution in [2.75, 3.05) is 19.6 Å². The van der Waals surface area contributed by atoms with Gasteiger partial charge in [-0.25, -0.2) is 13.1 Å². The summed E-state index contributed by atoms with van der Waals surface area (Å²) in [5, 5.41) is 4.34. The average Bonchev–Trinajstić information content (AvgIpc) is 2.96. The van der Waals surface area contributed by atoms with Crippen LogP contribution >= 0.6 is 0 Å². The fourth-order valence-electron chi connectivity index (χ4n) is 2.89. The van der Waals surface area contributed by atoms with Gasteiger partial charge in [0.15, 0.2) is 5.03 Å². The number of sulfonamides is 1. The van der Waals surface area contributed by atoms with E-state index in [9.17, 15) is 8.42 Å². The quantitative estimate of drug-likeness (QED) is 0.866. The van der Waals surface area contributed by atoms with E-state index in [-0.39, 0.29) is 11.1 Å². The molecule has 0 amide bonds. The zero-order chi connectivity index (χ0) is 15.5. The van der Waals surface area contributed by atoms with Gasteiger partial charge in [-0.1, -0.05) is 13.3 Å². The number of likely N-dealkylation sites (N-methyl/N-ethyl adjacent to an activating group) is 1. The Kier molecular flexibility index (Phi) is 5.40. The summed E-state index contributed by atoms with van der Waals surface area (Å²) in [6.07, 6.45) is 4.97. The van der Waals surface area contributed by atoms with Crippen molar-refractivity contribution in [3.8, 4) is 0 Å². The molecule has 2 heterocycles. The van der Waals surface area contributed by atoms with Crippen molar-refractivity contribution in [1.29, 1.82) is 0 Å². The van der Waals surface area contributed by atoms with E-state index in [4.69, 9.17) is 0 Å². The van der Waals surface area contributed by atoms with Gasteiger partial charge in [0, 0.05) is 18.6 Å². The molecule has 0 aliphatic carbocycles. The van der Waals surface area contributed by atoms with Crippen molar-refractivity contribution in [3.05, 3.63) is 12.3 Å². The van der Waals surface area contributed by atoms with Crippen LogP contribution in [0.1, 0.15) is 46.1 Å². The first kappa shape index (κ1) is 16.5. The van der Waals surface area contributed by atoms with Crippen molar-refractivity contribution >= 4 is 10.0 Å².